The van der Waals surface area contributed by atoms with Crippen molar-refractivity contribution >= 4 is 11.5 Å². The lowest BCUT2D eigenvalue weighted by molar-refractivity contribution is -0.118. The van der Waals surface area contributed by atoms with Crippen molar-refractivity contribution in [3.8, 4) is 11.8 Å². The van der Waals surface area contributed by atoms with E-state index in [1.807, 2.05) is 61.5 Å². The molecule has 0 saturated heterocycles. The molecule has 0 amide bonds. The van der Waals surface area contributed by atoms with E-state index in [9.17, 15) is 4.79 Å². The highest BCUT2D eigenvalue weighted by molar-refractivity contribution is 5.78. The molecule has 0 aromatic heterocycles. The van der Waals surface area contributed by atoms with Gasteiger partial charge in [-0.2, -0.15) is 0 Å². The molecule has 0 spiro atoms. The lowest BCUT2D eigenvalue weighted by atomic mass is 10.1. The zero-order chi connectivity index (χ0) is 14.9. The molecule has 0 aliphatic rings. The molecule has 0 atom stereocenters. The van der Waals surface area contributed by atoms with E-state index in [0.717, 1.165) is 16.8 Å². The maximum atomic E-state index is 11.3. The molecular weight excluding hydrogens is 258 g/mol. The summed E-state index contributed by atoms with van der Waals surface area (Å²) in [7, 11) is 0. The number of para-hydroxylation sites is 1. The molecule has 2 heteroatoms. The second-order valence-electron chi connectivity index (χ2n) is 4.73. The quantitative estimate of drug-likeness (QED) is 0.841. The molecule has 0 radical (unpaired) electrons. The number of carbonyl (C=O) groups excluding carboxylic acids is 1. The molecule has 0 bridgehead atoms. The number of benzene rings is 2. The van der Waals surface area contributed by atoms with Crippen molar-refractivity contribution in [2.45, 2.75) is 19.8 Å². The molecule has 2 aromatic rings. The second kappa shape index (κ2) is 7.91. The Labute approximate surface area is 126 Å². The van der Waals surface area contributed by atoms with Crippen molar-refractivity contribution in [3.63, 3.8) is 0 Å². The van der Waals surface area contributed by atoms with Gasteiger partial charge in [0.2, 0.25) is 0 Å². The Bertz CT molecular complexity index is 650. The molecule has 0 saturated carbocycles. The van der Waals surface area contributed by atoms with Crippen LogP contribution in [0.4, 0.5) is 5.69 Å². The number of carbonyl (C=O) groups is 1. The number of rotatable bonds is 5. The van der Waals surface area contributed by atoms with Gasteiger partial charge in [-0.1, -0.05) is 49.1 Å². The molecular formula is C19H19NO. The minimum Gasteiger partial charge on any atom is -0.384 e. The number of nitrogens with one attached hydrogen (secondary N) is 1. The van der Waals surface area contributed by atoms with Gasteiger partial charge in [0.05, 0.1) is 0 Å². The molecule has 0 unspecified atom stereocenters. The summed E-state index contributed by atoms with van der Waals surface area (Å²) >= 11 is 0. The van der Waals surface area contributed by atoms with Gasteiger partial charge in [0.25, 0.3) is 0 Å². The van der Waals surface area contributed by atoms with Crippen LogP contribution >= 0.6 is 0 Å². The zero-order valence-electron chi connectivity index (χ0n) is 12.2. The first-order valence-electron chi connectivity index (χ1n) is 7.21. The number of hydrogen-bond acceptors (Lipinski definition) is 2. The number of anilines is 1. The molecule has 0 fully saturated rings. The first-order chi connectivity index (χ1) is 10.3. The molecule has 0 heterocycles. The van der Waals surface area contributed by atoms with Gasteiger partial charge in [-0.05, 0) is 24.3 Å². The van der Waals surface area contributed by atoms with E-state index in [2.05, 4.69) is 17.2 Å². The number of ketones is 1. The predicted molar refractivity (Wildman–Crippen MR) is 87.3 cm³/mol. The summed E-state index contributed by atoms with van der Waals surface area (Å²) in [6.07, 6.45) is 1.15. The van der Waals surface area contributed by atoms with Gasteiger partial charge in [0.1, 0.15) is 5.78 Å². The Morgan fingerprint density at radius 3 is 2.48 bits per heavy atom. The summed E-state index contributed by atoms with van der Waals surface area (Å²) in [6.45, 7) is 2.54. The van der Waals surface area contributed by atoms with Crippen LogP contribution in [0.15, 0.2) is 54.6 Å². The fourth-order valence-electron chi connectivity index (χ4n) is 1.92. The first kappa shape index (κ1) is 14.9. The fraction of sp³-hybridized carbons (Fsp3) is 0.211. The topological polar surface area (TPSA) is 29.1 Å². The Morgan fingerprint density at radius 2 is 1.71 bits per heavy atom. The highest BCUT2D eigenvalue weighted by atomic mass is 16.1. The molecule has 2 nitrogen and oxygen atoms in total. The van der Waals surface area contributed by atoms with Crippen LogP contribution in [-0.2, 0) is 4.79 Å². The van der Waals surface area contributed by atoms with Crippen LogP contribution in [0.1, 0.15) is 30.9 Å². The van der Waals surface area contributed by atoms with Gasteiger partial charge >= 0.3 is 0 Å². The van der Waals surface area contributed by atoms with Crippen LogP contribution in [-0.4, -0.2) is 12.3 Å². The highest BCUT2D eigenvalue weighted by Gasteiger charge is 2.00. The zero-order valence-corrected chi connectivity index (χ0v) is 12.2. The average Bonchev–Trinajstić information content (AvgIpc) is 2.54. The van der Waals surface area contributed by atoms with E-state index in [1.165, 1.54) is 0 Å². The van der Waals surface area contributed by atoms with Crippen molar-refractivity contribution < 1.29 is 4.79 Å². The third kappa shape index (κ3) is 4.81. The van der Waals surface area contributed by atoms with Crippen LogP contribution in [0, 0.1) is 11.8 Å². The van der Waals surface area contributed by atoms with Crippen LogP contribution in [0.5, 0.6) is 0 Å². The van der Waals surface area contributed by atoms with Gasteiger partial charge in [0, 0.05) is 36.2 Å². The van der Waals surface area contributed by atoms with Crippen LogP contribution in [0.3, 0.4) is 0 Å². The van der Waals surface area contributed by atoms with E-state index in [-0.39, 0.29) is 5.78 Å². The highest BCUT2D eigenvalue weighted by Crippen LogP contribution is 2.14. The normalized spacial score (nSPS) is 9.57. The number of Topliss-reactive ketones (excluding diaryl/α,β-unsaturated/α-hetero) is 1. The molecule has 0 aliphatic heterocycles. The minimum atomic E-state index is 0.273. The standard InChI is InChI=1S/C19H19NO/c1-2-18(21)14-15-20-19-11-7-6-10-17(19)13-12-16-8-4-3-5-9-16/h3-11,20H,2,14-15H2,1H3. The number of hydrogen-bond donors (Lipinski definition) is 1. The monoisotopic (exact) mass is 277 g/mol. The molecule has 21 heavy (non-hydrogen) atoms. The molecule has 106 valence electrons. The van der Waals surface area contributed by atoms with Crippen molar-refractivity contribution in [3.05, 3.63) is 65.7 Å². The average molecular weight is 277 g/mol. The maximum absolute atomic E-state index is 11.3. The van der Waals surface area contributed by atoms with Crippen LogP contribution in [0.2, 0.25) is 0 Å². The van der Waals surface area contributed by atoms with Crippen LogP contribution in [0.25, 0.3) is 0 Å². The van der Waals surface area contributed by atoms with Gasteiger partial charge in [-0.25, -0.2) is 0 Å². The molecule has 2 aromatic carbocycles. The Kier molecular flexibility index (Phi) is 5.60. The predicted octanol–water partition coefficient (Wildman–Crippen LogP) is 3.87. The third-order valence-corrected chi connectivity index (χ3v) is 3.16. The van der Waals surface area contributed by atoms with Crippen molar-refractivity contribution in [2.24, 2.45) is 0 Å². The second-order valence-corrected chi connectivity index (χ2v) is 4.73. The summed E-state index contributed by atoms with van der Waals surface area (Å²) in [6, 6.07) is 17.8. The first-order valence-corrected chi connectivity index (χ1v) is 7.21. The summed E-state index contributed by atoms with van der Waals surface area (Å²) < 4.78 is 0. The molecule has 1 N–H and O–H groups in total. The van der Waals surface area contributed by atoms with E-state index < -0.39 is 0 Å². The lowest BCUT2D eigenvalue weighted by Crippen LogP contribution is -2.08. The molecule has 2 rings (SSSR count). The largest absolute Gasteiger partial charge is 0.384 e. The van der Waals surface area contributed by atoms with E-state index in [1.54, 1.807) is 0 Å². The van der Waals surface area contributed by atoms with Crippen molar-refractivity contribution in [1.29, 1.82) is 0 Å². The third-order valence-electron chi connectivity index (χ3n) is 3.16. The van der Waals surface area contributed by atoms with Gasteiger partial charge in [-0.3, -0.25) is 4.79 Å². The van der Waals surface area contributed by atoms with Crippen LogP contribution < -0.4 is 5.32 Å². The Morgan fingerprint density at radius 1 is 1.00 bits per heavy atom. The lowest BCUT2D eigenvalue weighted by Gasteiger charge is -2.07. The van der Waals surface area contributed by atoms with E-state index in [0.29, 0.717) is 19.4 Å². The van der Waals surface area contributed by atoms with Gasteiger partial charge < -0.3 is 5.32 Å². The van der Waals surface area contributed by atoms with Gasteiger partial charge in [-0.15, -0.1) is 0 Å². The van der Waals surface area contributed by atoms with Crippen molar-refractivity contribution in [1.82, 2.24) is 0 Å². The van der Waals surface area contributed by atoms with E-state index in [4.69, 9.17) is 0 Å². The van der Waals surface area contributed by atoms with Gasteiger partial charge in [0.15, 0.2) is 0 Å². The fourth-order valence-corrected chi connectivity index (χ4v) is 1.92. The Balaban J connectivity index is 2.07. The Hall–Kier alpha value is -2.53. The van der Waals surface area contributed by atoms with Crippen molar-refractivity contribution in [2.75, 3.05) is 11.9 Å². The minimum absolute atomic E-state index is 0.273. The summed E-state index contributed by atoms with van der Waals surface area (Å²) in [5.74, 6) is 6.61. The van der Waals surface area contributed by atoms with E-state index >= 15 is 0 Å². The summed E-state index contributed by atoms with van der Waals surface area (Å²) in [5.41, 5.74) is 2.92. The summed E-state index contributed by atoms with van der Waals surface area (Å²) in [4.78, 5) is 11.3. The molecule has 0 aliphatic carbocycles. The smallest absolute Gasteiger partial charge is 0.134 e. The summed E-state index contributed by atoms with van der Waals surface area (Å²) in [5, 5.41) is 3.29. The maximum Gasteiger partial charge on any atom is 0.134 e. The SMILES string of the molecule is CCC(=O)CCNc1ccccc1C#Cc1ccccc1.